The highest BCUT2D eigenvalue weighted by Gasteiger charge is 2.30. The zero-order chi connectivity index (χ0) is 18.3. The summed E-state index contributed by atoms with van der Waals surface area (Å²) >= 11 is 0. The molecular formula is C21H15F3N2. The van der Waals surface area contributed by atoms with Gasteiger partial charge in [0.05, 0.1) is 16.8 Å². The lowest BCUT2D eigenvalue weighted by molar-refractivity contribution is -0.137. The number of hydrogen-bond donors (Lipinski definition) is 0. The molecule has 0 radical (unpaired) electrons. The van der Waals surface area contributed by atoms with Crippen LogP contribution < -0.4 is 0 Å². The SMILES string of the molecule is Cc1ccc(-c2nc(-c3ccc(C(F)(F)F)cc3)n3ccccc23)cc1. The third-order valence-electron chi connectivity index (χ3n) is 4.34. The van der Waals surface area contributed by atoms with Crippen molar-refractivity contribution in [1.29, 1.82) is 0 Å². The van der Waals surface area contributed by atoms with Crippen LogP contribution in [0.2, 0.25) is 0 Å². The van der Waals surface area contributed by atoms with Crippen molar-refractivity contribution in [2.45, 2.75) is 13.1 Å². The first-order chi connectivity index (χ1) is 12.4. The Labute approximate surface area is 148 Å². The summed E-state index contributed by atoms with van der Waals surface area (Å²) in [5.74, 6) is 0.616. The van der Waals surface area contributed by atoms with Crippen LogP contribution >= 0.6 is 0 Å². The third-order valence-corrected chi connectivity index (χ3v) is 4.34. The molecule has 130 valence electrons. The van der Waals surface area contributed by atoms with E-state index in [0.29, 0.717) is 11.4 Å². The van der Waals surface area contributed by atoms with Gasteiger partial charge >= 0.3 is 6.18 Å². The molecule has 0 aliphatic heterocycles. The molecule has 0 aliphatic rings. The van der Waals surface area contributed by atoms with Gasteiger partial charge in [0.2, 0.25) is 0 Å². The van der Waals surface area contributed by atoms with Gasteiger partial charge in [0, 0.05) is 17.3 Å². The molecule has 0 spiro atoms. The van der Waals surface area contributed by atoms with Crippen molar-refractivity contribution >= 4 is 5.52 Å². The van der Waals surface area contributed by atoms with Gasteiger partial charge in [-0.1, -0.05) is 48.0 Å². The van der Waals surface area contributed by atoms with E-state index >= 15 is 0 Å². The normalized spacial score (nSPS) is 11.8. The van der Waals surface area contributed by atoms with E-state index in [-0.39, 0.29) is 0 Å². The molecular weight excluding hydrogens is 337 g/mol. The summed E-state index contributed by atoms with van der Waals surface area (Å²) in [6.45, 7) is 2.02. The number of aryl methyl sites for hydroxylation is 1. The van der Waals surface area contributed by atoms with Gasteiger partial charge in [-0.05, 0) is 31.2 Å². The number of hydrogen-bond acceptors (Lipinski definition) is 1. The van der Waals surface area contributed by atoms with Crippen LogP contribution in [0.3, 0.4) is 0 Å². The second-order valence-corrected chi connectivity index (χ2v) is 6.18. The topological polar surface area (TPSA) is 17.3 Å². The number of rotatable bonds is 2. The molecule has 0 unspecified atom stereocenters. The minimum Gasteiger partial charge on any atom is -0.299 e. The molecule has 2 aromatic carbocycles. The fraction of sp³-hybridized carbons (Fsp3) is 0.0952. The first-order valence-electron chi connectivity index (χ1n) is 8.15. The van der Waals surface area contributed by atoms with Crippen LogP contribution in [0.25, 0.3) is 28.2 Å². The number of aromatic nitrogens is 2. The van der Waals surface area contributed by atoms with E-state index in [1.165, 1.54) is 12.1 Å². The molecule has 0 N–H and O–H groups in total. The molecule has 0 saturated heterocycles. The molecule has 4 rings (SSSR count). The molecule has 5 heteroatoms. The van der Waals surface area contributed by atoms with E-state index in [1.54, 1.807) is 0 Å². The summed E-state index contributed by atoms with van der Waals surface area (Å²) in [5.41, 5.74) is 3.81. The number of imidazole rings is 1. The largest absolute Gasteiger partial charge is 0.416 e. The monoisotopic (exact) mass is 352 g/mol. The quantitative estimate of drug-likeness (QED) is 0.433. The minimum atomic E-state index is -4.35. The number of pyridine rings is 1. The van der Waals surface area contributed by atoms with Gasteiger partial charge in [-0.3, -0.25) is 4.40 Å². The molecule has 2 nitrogen and oxygen atoms in total. The Kier molecular flexibility index (Phi) is 3.80. The van der Waals surface area contributed by atoms with Gasteiger partial charge in [0.1, 0.15) is 5.82 Å². The van der Waals surface area contributed by atoms with Crippen molar-refractivity contribution in [3.8, 4) is 22.6 Å². The van der Waals surface area contributed by atoms with Crippen LogP contribution in [0.1, 0.15) is 11.1 Å². The molecule has 0 atom stereocenters. The molecule has 0 fully saturated rings. The van der Waals surface area contributed by atoms with Crippen LogP contribution in [0.4, 0.5) is 13.2 Å². The lowest BCUT2D eigenvalue weighted by Gasteiger charge is -2.07. The van der Waals surface area contributed by atoms with Crippen molar-refractivity contribution < 1.29 is 13.2 Å². The van der Waals surface area contributed by atoms with Crippen LogP contribution in [0.5, 0.6) is 0 Å². The van der Waals surface area contributed by atoms with Gasteiger partial charge in [-0.15, -0.1) is 0 Å². The average molecular weight is 352 g/mol. The van der Waals surface area contributed by atoms with Crippen molar-refractivity contribution in [2.75, 3.05) is 0 Å². The summed E-state index contributed by atoms with van der Waals surface area (Å²) in [7, 11) is 0. The van der Waals surface area contributed by atoms with E-state index in [0.717, 1.165) is 34.5 Å². The standard InChI is InChI=1S/C21H15F3N2/c1-14-5-7-15(8-6-14)19-18-4-2-3-13-26(18)20(25-19)16-9-11-17(12-10-16)21(22,23)24/h2-13H,1H3. The highest BCUT2D eigenvalue weighted by atomic mass is 19.4. The average Bonchev–Trinajstić information content (AvgIpc) is 3.01. The highest BCUT2D eigenvalue weighted by Crippen LogP contribution is 2.33. The van der Waals surface area contributed by atoms with Crippen LogP contribution in [-0.2, 0) is 6.18 Å². The second kappa shape index (κ2) is 6.02. The first kappa shape index (κ1) is 16.4. The molecule has 2 heterocycles. The number of fused-ring (bicyclic) bond motifs is 1. The lowest BCUT2D eigenvalue weighted by atomic mass is 10.1. The molecule has 0 bridgehead atoms. The summed E-state index contributed by atoms with van der Waals surface area (Å²) in [6, 6.07) is 18.9. The third kappa shape index (κ3) is 2.86. The Bertz CT molecular complexity index is 1060. The maximum atomic E-state index is 12.8. The van der Waals surface area contributed by atoms with Crippen LogP contribution in [0, 0.1) is 6.92 Å². The smallest absolute Gasteiger partial charge is 0.299 e. The summed E-state index contributed by atoms with van der Waals surface area (Å²) < 4.78 is 40.3. The van der Waals surface area contributed by atoms with Gasteiger partial charge in [-0.25, -0.2) is 4.98 Å². The van der Waals surface area contributed by atoms with E-state index in [2.05, 4.69) is 0 Å². The molecule has 0 saturated carbocycles. The lowest BCUT2D eigenvalue weighted by Crippen LogP contribution is -2.04. The van der Waals surface area contributed by atoms with E-state index in [4.69, 9.17) is 4.98 Å². The molecule has 4 aromatic rings. The predicted octanol–water partition coefficient (Wildman–Crippen LogP) is 6.00. The predicted molar refractivity (Wildman–Crippen MR) is 95.8 cm³/mol. The molecule has 0 aliphatic carbocycles. The van der Waals surface area contributed by atoms with Crippen LogP contribution in [0.15, 0.2) is 72.9 Å². The second-order valence-electron chi connectivity index (χ2n) is 6.18. The van der Waals surface area contributed by atoms with Crippen molar-refractivity contribution in [2.24, 2.45) is 0 Å². The van der Waals surface area contributed by atoms with E-state index < -0.39 is 11.7 Å². The zero-order valence-electron chi connectivity index (χ0n) is 14.0. The Morgan fingerprint density at radius 2 is 1.46 bits per heavy atom. The van der Waals surface area contributed by atoms with Gasteiger partial charge in [0.25, 0.3) is 0 Å². The number of alkyl halides is 3. The summed E-state index contributed by atoms with van der Waals surface area (Å²) in [5, 5.41) is 0. The van der Waals surface area contributed by atoms with Gasteiger partial charge in [-0.2, -0.15) is 13.2 Å². The molecule has 26 heavy (non-hydrogen) atoms. The minimum absolute atomic E-state index is 0.616. The Balaban J connectivity index is 1.87. The maximum Gasteiger partial charge on any atom is 0.416 e. The zero-order valence-corrected chi connectivity index (χ0v) is 14.0. The summed E-state index contributed by atoms with van der Waals surface area (Å²) in [6.07, 6.45) is -2.48. The fourth-order valence-electron chi connectivity index (χ4n) is 2.97. The Hall–Kier alpha value is -3.08. The van der Waals surface area contributed by atoms with Gasteiger partial charge < -0.3 is 0 Å². The highest BCUT2D eigenvalue weighted by molar-refractivity contribution is 5.81. The van der Waals surface area contributed by atoms with E-state index in [9.17, 15) is 13.2 Å². The van der Waals surface area contributed by atoms with Gasteiger partial charge in [0.15, 0.2) is 0 Å². The maximum absolute atomic E-state index is 12.8. The Morgan fingerprint density at radius 1 is 0.808 bits per heavy atom. The summed E-state index contributed by atoms with van der Waals surface area (Å²) in [4.78, 5) is 4.73. The number of benzene rings is 2. The van der Waals surface area contributed by atoms with E-state index in [1.807, 2.05) is 60.0 Å². The van der Waals surface area contributed by atoms with Crippen molar-refractivity contribution in [1.82, 2.24) is 9.38 Å². The van der Waals surface area contributed by atoms with Crippen molar-refractivity contribution in [3.05, 3.63) is 84.1 Å². The number of nitrogens with zero attached hydrogens (tertiary/aromatic N) is 2. The fourth-order valence-corrected chi connectivity index (χ4v) is 2.97. The Morgan fingerprint density at radius 3 is 2.12 bits per heavy atom. The molecule has 2 aromatic heterocycles. The van der Waals surface area contributed by atoms with Crippen LogP contribution in [-0.4, -0.2) is 9.38 Å². The molecule has 0 amide bonds. The van der Waals surface area contributed by atoms with Crippen molar-refractivity contribution in [3.63, 3.8) is 0 Å². The first-order valence-corrected chi connectivity index (χ1v) is 8.15. The number of halogens is 3.